The largest absolute Gasteiger partial charge is 0.489 e. The summed E-state index contributed by atoms with van der Waals surface area (Å²) in [5.41, 5.74) is 8.41. The summed E-state index contributed by atoms with van der Waals surface area (Å²) in [7, 11) is 1.74. The molecule has 2 aliphatic rings. The van der Waals surface area contributed by atoms with E-state index in [-0.39, 0.29) is 12.5 Å². The summed E-state index contributed by atoms with van der Waals surface area (Å²) in [5.74, 6) is 0.0141. The average molecular weight is 354 g/mol. The highest BCUT2D eigenvalue weighted by molar-refractivity contribution is 5.98. The summed E-state index contributed by atoms with van der Waals surface area (Å²) in [6, 6.07) is 6.83. The van der Waals surface area contributed by atoms with E-state index in [1.165, 1.54) is 0 Å². The number of ether oxygens (including phenoxy) is 1. The van der Waals surface area contributed by atoms with Gasteiger partial charge in [0.2, 0.25) is 0 Å². The number of benzene rings is 1. The minimum atomic E-state index is -0.618. The first kappa shape index (κ1) is 16.6. The summed E-state index contributed by atoms with van der Waals surface area (Å²) >= 11 is 0. The molecule has 0 unspecified atom stereocenters. The number of carbonyl (C=O) groups is 2. The number of nitrogens with zero attached hydrogens (tertiary/aromatic N) is 3. The van der Waals surface area contributed by atoms with E-state index in [1.54, 1.807) is 16.6 Å². The molecule has 0 saturated carbocycles. The minimum absolute atomic E-state index is 0.111. The number of likely N-dealkylation sites (N-methyl/N-ethyl adjacent to an activating group) is 1. The zero-order valence-electron chi connectivity index (χ0n) is 14.8. The molecule has 2 heterocycles. The number of fused-ring (bicyclic) bond motifs is 2. The van der Waals surface area contributed by atoms with Gasteiger partial charge in [0.15, 0.2) is 11.7 Å². The quantitative estimate of drug-likeness (QED) is 0.833. The highest BCUT2D eigenvalue weighted by Gasteiger charge is 2.35. The Hall–Kier alpha value is -2.83. The van der Waals surface area contributed by atoms with Crippen LogP contribution in [0.2, 0.25) is 0 Å². The number of nitrogens with two attached hydrogens (primary N) is 1. The Morgan fingerprint density at radius 2 is 2.00 bits per heavy atom. The van der Waals surface area contributed by atoms with Crippen LogP contribution in [0.15, 0.2) is 24.3 Å². The van der Waals surface area contributed by atoms with Gasteiger partial charge in [-0.25, -0.2) is 0 Å². The van der Waals surface area contributed by atoms with Gasteiger partial charge in [-0.05, 0) is 37.8 Å². The summed E-state index contributed by atoms with van der Waals surface area (Å²) in [6.07, 6.45) is 4.66. The maximum atomic E-state index is 13.1. The zero-order valence-corrected chi connectivity index (χ0v) is 14.8. The lowest BCUT2D eigenvalue weighted by atomic mass is 10.1. The number of hydrogen-bond acceptors (Lipinski definition) is 4. The van der Waals surface area contributed by atoms with Gasteiger partial charge in [0.25, 0.3) is 11.8 Å². The number of primary amides is 1. The van der Waals surface area contributed by atoms with Crippen LogP contribution in [0.1, 0.15) is 47.1 Å². The van der Waals surface area contributed by atoms with Crippen LogP contribution in [0.25, 0.3) is 0 Å². The van der Waals surface area contributed by atoms with Gasteiger partial charge in [-0.3, -0.25) is 14.3 Å². The van der Waals surface area contributed by atoms with Crippen LogP contribution in [-0.4, -0.2) is 35.2 Å². The number of hydrogen-bond donors (Lipinski definition) is 1. The lowest BCUT2D eigenvalue weighted by Gasteiger charge is -2.21. The molecule has 0 bridgehead atoms. The molecular formula is C19H22N4O3. The Balaban J connectivity index is 1.78. The van der Waals surface area contributed by atoms with E-state index in [4.69, 9.17) is 10.5 Å². The molecule has 0 radical (unpaired) electrons. The van der Waals surface area contributed by atoms with Gasteiger partial charge in [0, 0.05) is 18.3 Å². The number of aromatic nitrogens is 2. The molecule has 7 heteroatoms. The normalized spacial score (nSPS) is 19.8. The van der Waals surface area contributed by atoms with Crippen LogP contribution >= 0.6 is 0 Å². The number of amides is 2. The maximum absolute atomic E-state index is 13.1. The van der Waals surface area contributed by atoms with Crippen molar-refractivity contribution in [3.05, 3.63) is 41.2 Å². The molecule has 1 aliphatic carbocycles. The van der Waals surface area contributed by atoms with E-state index < -0.39 is 11.9 Å². The van der Waals surface area contributed by atoms with Crippen molar-refractivity contribution in [1.29, 1.82) is 0 Å². The molecule has 1 aromatic carbocycles. The Morgan fingerprint density at radius 1 is 1.23 bits per heavy atom. The third-order valence-corrected chi connectivity index (χ3v) is 5.23. The third kappa shape index (κ3) is 2.64. The Bertz CT molecular complexity index is 874. The standard InChI is InChI=1S/C19H22N4O3/c1-22-14-9-5-6-10-16(14)26-11-15(19(22)25)23-13-8-4-2-3-7-12(13)17(21-23)18(20)24/h5-6,9-10,15H,2-4,7-8,11H2,1H3,(H2,20,24)/t15-/m0/s1. The molecule has 26 heavy (non-hydrogen) atoms. The minimum Gasteiger partial charge on any atom is -0.489 e. The van der Waals surface area contributed by atoms with E-state index >= 15 is 0 Å². The van der Waals surface area contributed by atoms with Crippen molar-refractivity contribution >= 4 is 17.5 Å². The van der Waals surface area contributed by atoms with Crippen LogP contribution in [0.4, 0.5) is 5.69 Å². The molecule has 1 aromatic heterocycles. The first-order chi connectivity index (χ1) is 12.6. The van der Waals surface area contributed by atoms with Gasteiger partial charge in [0.1, 0.15) is 12.4 Å². The van der Waals surface area contributed by atoms with Crippen LogP contribution < -0.4 is 15.4 Å². The SMILES string of the molecule is CN1C(=O)[C@@H](n2nc(C(N)=O)c3c2CCCCC3)COc2ccccc21. The molecule has 2 aromatic rings. The predicted molar refractivity (Wildman–Crippen MR) is 96.4 cm³/mol. The second-order valence-electron chi connectivity index (χ2n) is 6.84. The second-order valence-corrected chi connectivity index (χ2v) is 6.84. The monoisotopic (exact) mass is 354 g/mol. The van der Waals surface area contributed by atoms with E-state index in [2.05, 4.69) is 5.10 Å². The highest BCUT2D eigenvalue weighted by Crippen LogP contribution is 2.34. The summed E-state index contributed by atoms with van der Waals surface area (Å²) in [5, 5.41) is 4.46. The molecule has 0 fully saturated rings. The zero-order chi connectivity index (χ0) is 18.3. The fraction of sp³-hybridized carbons (Fsp3) is 0.421. The van der Waals surface area contributed by atoms with Crippen LogP contribution in [0.5, 0.6) is 5.75 Å². The summed E-state index contributed by atoms with van der Waals surface area (Å²) in [4.78, 5) is 26.6. The lowest BCUT2D eigenvalue weighted by molar-refractivity contribution is -0.122. The van der Waals surface area contributed by atoms with Gasteiger partial charge in [0.05, 0.1) is 5.69 Å². The van der Waals surface area contributed by atoms with Crippen molar-refractivity contribution in [2.75, 3.05) is 18.6 Å². The van der Waals surface area contributed by atoms with Crippen molar-refractivity contribution in [2.24, 2.45) is 5.73 Å². The fourth-order valence-corrected chi connectivity index (χ4v) is 3.87. The molecule has 2 N–H and O–H groups in total. The number of carbonyl (C=O) groups excluding carboxylic acids is 2. The van der Waals surface area contributed by atoms with Crippen molar-refractivity contribution in [3.8, 4) is 5.75 Å². The van der Waals surface area contributed by atoms with Crippen molar-refractivity contribution in [1.82, 2.24) is 9.78 Å². The predicted octanol–water partition coefficient (Wildman–Crippen LogP) is 1.85. The smallest absolute Gasteiger partial charge is 0.269 e. The molecule has 7 nitrogen and oxygen atoms in total. The van der Waals surface area contributed by atoms with Crippen LogP contribution in [-0.2, 0) is 17.6 Å². The summed E-state index contributed by atoms with van der Waals surface area (Å²) in [6.45, 7) is 0.173. The van der Waals surface area contributed by atoms with Crippen molar-refractivity contribution in [2.45, 2.75) is 38.1 Å². The van der Waals surface area contributed by atoms with E-state index in [0.29, 0.717) is 11.4 Å². The van der Waals surface area contributed by atoms with Gasteiger partial charge in [-0.2, -0.15) is 5.10 Å². The highest BCUT2D eigenvalue weighted by atomic mass is 16.5. The number of anilines is 1. The molecule has 1 aliphatic heterocycles. The van der Waals surface area contributed by atoms with Crippen molar-refractivity contribution < 1.29 is 14.3 Å². The third-order valence-electron chi connectivity index (χ3n) is 5.23. The first-order valence-corrected chi connectivity index (χ1v) is 8.97. The van der Waals surface area contributed by atoms with Gasteiger partial charge in [-0.1, -0.05) is 18.6 Å². The number of para-hydroxylation sites is 2. The van der Waals surface area contributed by atoms with Crippen LogP contribution in [0, 0.1) is 0 Å². The first-order valence-electron chi connectivity index (χ1n) is 8.97. The fourth-order valence-electron chi connectivity index (χ4n) is 3.87. The lowest BCUT2D eigenvalue weighted by Crippen LogP contribution is -2.36. The maximum Gasteiger partial charge on any atom is 0.269 e. The van der Waals surface area contributed by atoms with E-state index in [1.807, 2.05) is 24.3 Å². The molecule has 2 amide bonds. The Morgan fingerprint density at radius 3 is 2.81 bits per heavy atom. The molecule has 0 spiro atoms. The number of rotatable bonds is 2. The van der Waals surface area contributed by atoms with Gasteiger partial charge >= 0.3 is 0 Å². The summed E-state index contributed by atoms with van der Waals surface area (Å²) < 4.78 is 7.59. The molecule has 1 atom stereocenters. The molecule has 4 rings (SSSR count). The Kier molecular flexibility index (Phi) is 4.14. The molecule has 0 saturated heterocycles. The topological polar surface area (TPSA) is 90.5 Å². The van der Waals surface area contributed by atoms with Gasteiger partial charge < -0.3 is 15.4 Å². The van der Waals surface area contributed by atoms with Crippen molar-refractivity contribution in [3.63, 3.8) is 0 Å². The van der Waals surface area contributed by atoms with E-state index in [9.17, 15) is 9.59 Å². The van der Waals surface area contributed by atoms with Gasteiger partial charge in [-0.15, -0.1) is 0 Å². The average Bonchev–Trinajstić information content (AvgIpc) is 2.78. The molecular weight excluding hydrogens is 332 g/mol. The molecule has 136 valence electrons. The van der Waals surface area contributed by atoms with Crippen LogP contribution in [0.3, 0.4) is 0 Å². The second kappa shape index (κ2) is 6.48. The Labute approximate surface area is 151 Å². The van der Waals surface area contributed by atoms with E-state index in [0.717, 1.165) is 49.0 Å².